The summed E-state index contributed by atoms with van der Waals surface area (Å²) in [5.41, 5.74) is 9.21. The van der Waals surface area contributed by atoms with Gasteiger partial charge in [0.15, 0.2) is 5.65 Å². The smallest absolute Gasteiger partial charge is 0.202 e. The average molecular weight is 259 g/mol. The van der Waals surface area contributed by atoms with Gasteiger partial charge in [0.1, 0.15) is 5.52 Å². The first kappa shape index (κ1) is 12.4. The molecule has 1 aliphatic carbocycles. The van der Waals surface area contributed by atoms with Crippen LogP contribution in [0.15, 0.2) is 12.3 Å². The molecule has 5 nitrogen and oxygen atoms in total. The van der Waals surface area contributed by atoms with Crippen LogP contribution in [0.2, 0.25) is 0 Å². The molecule has 2 aromatic rings. The molecule has 102 valence electrons. The molecule has 0 spiro atoms. The fourth-order valence-corrected chi connectivity index (χ4v) is 2.91. The number of rotatable bonds is 3. The molecule has 0 radical (unpaired) electrons. The lowest BCUT2D eigenvalue weighted by atomic mass is 9.75. The quantitative estimate of drug-likeness (QED) is 0.913. The number of nitrogen functional groups attached to an aromatic ring is 1. The molecule has 5 heteroatoms. The molecular weight excluding hydrogens is 238 g/mol. The van der Waals surface area contributed by atoms with Crippen molar-refractivity contribution in [2.45, 2.75) is 38.3 Å². The van der Waals surface area contributed by atoms with Crippen LogP contribution in [0.4, 0.5) is 5.95 Å². The second kappa shape index (κ2) is 4.20. The summed E-state index contributed by atoms with van der Waals surface area (Å²) in [6.45, 7) is 2.90. The van der Waals surface area contributed by atoms with Crippen LogP contribution >= 0.6 is 0 Å². The zero-order valence-corrected chi connectivity index (χ0v) is 11.8. The third-order valence-electron chi connectivity index (χ3n) is 4.44. The van der Waals surface area contributed by atoms with Crippen LogP contribution in [0.3, 0.4) is 0 Å². The molecular formula is C14H21N5. The minimum atomic E-state index is 0.217. The number of aromatic nitrogens is 3. The summed E-state index contributed by atoms with van der Waals surface area (Å²) in [5.74, 6) is 0.571. The number of nitrogens with zero attached hydrogens (tertiary/aromatic N) is 4. The lowest BCUT2D eigenvalue weighted by Crippen LogP contribution is -2.53. The minimum Gasteiger partial charge on any atom is -0.369 e. The number of hydrogen-bond donors (Lipinski definition) is 1. The van der Waals surface area contributed by atoms with Crippen LogP contribution in [0.25, 0.3) is 11.2 Å². The van der Waals surface area contributed by atoms with Gasteiger partial charge in [-0.25, -0.2) is 9.97 Å². The summed E-state index contributed by atoms with van der Waals surface area (Å²) in [6, 6.07) is 2.04. The summed E-state index contributed by atoms with van der Waals surface area (Å²) in [4.78, 5) is 11.3. The van der Waals surface area contributed by atoms with Crippen LogP contribution in [-0.2, 0) is 6.54 Å². The van der Waals surface area contributed by atoms with E-state index in [2.05, 4.69) is 33.5 Å². The van der Waals surface area contributed by atoms with Gasteiger partial charge in [0.2, 0.25) is 5.95 Å². The van der Waals surface area contributed by atoms with Crippen molar-refractivity contribution in [3.05, 3.63) is 17.8 Å². The number of likely N-dealkylation sites (N-methyl/N-ethyl adjacent to an activating group) is 1. The molecule has 2 heterocycles. The summed E-state index contributed by atoms with van der Waals surface area (Å²) in [7, 11) is 4.29. The standard InChI is InChI=1S/C14H21N5/c1-10-7-11-12(16-8-10)19(13(15)17-11)9-14(18(2)3)5-4-6-14/h7-8H,4-6,9H2,1-3H3,(H2,15,17). The fourth-order valence-electron chi connectivity index (χ4n) is 2.91. The number of anilines is 1. The van der Waals surface area contributed by atoms with E-state index >= 15 is 0 Å². The van der Waals surface area contributed by atoms with Crippen molar-refractivity contribution in [3.63, 3.8) is 0 Å². The Kier molecular flexibility index (Phi) is 2.74. The lowest BCUT2D eigenvalue weighted by molar-refractivity contribution is 0.0439. The molecule has 2 aromatic heterocycles. The normalized spacial score (nSPS) is 17.9. The second-order valence-corrected chi connectivity index (χ2v) is 5.88. The maximum atomic E-state index is 6.08. The van der Waals surface area contributed by atoms with Crippen LogP contribution in [-0.4, -0.2) is 39.1 Å². The summed E-state index contributed by atoms with van der Waals surface area (Å²) in [6.07, 6.45) is 5.59. The summed E-state index contributed by atoms with van der Waals surface area (Å²) >= 11 is 0. The van der Waals surface area contributed by atoms with Crippen molar-refractivity contribution < 1.29 is 0 Å². The predicted molar refractivity (Wildman–Crippen MR) is 76.9 cm³/mol. The Hall–Kier alpha value is -1.62. The molecule has 0 atom stereocenters. The molecule has 0 aromatic carbocycles. The first-order valence-corrected chi connectivity index (χ1v) is 6.78. The van der Waals surface area contributed by atoms with Gasteiger partial charge in [0.25, 0.3) is 0 Å². The van der Waals surface area contributed by atoms with Gasteiger partial charge in [-0.05, 0) is 51.9 Å². The number of fused-ring (bicyclic) bond motifs is 1. The molecule has 0 bridgehead atoms. The van der Waals surface area contributed by atoms with Gasteiger partial charge in [-0.3, -0.25) is 4.57 Å². The third-order valence-corrected chi connectivity index (χ3v) is 4.44. The van der Waals surface area contributed by atoms with Crippen molar-refractivity contribution in [1.82, 2.24) is 19.4 Å². The first-order chi connectivity index (χ1) is 9.02. The van der Waals surface area contributed by atoms with Crippen LogP contribution < -0.4 is 5.73 Å². The van der Waals surface area contributed by atoms with Gasteiger partial charge in [-0.15, -0.1) is 0 Å². The highest BCUT2D eigenvalue weighted by molar-refractivity contribution is 5.74. The number of hydrogen-bond acceptors (Lipinski definition) is 4. The van der Waals surface area contributed by atoms with E-state index in [0.717, 1.165) is 23.3 Å². The van der Waals surface area contributed by atoms with Gasteiger partial charge < -0.3 is 10.6 Å². The number of aryl methyl sites for hydroxylation is 1. The SMILES string of the molecule is Cc1cnc2c(c1)nc(N)n2CC1(N(C)C)CCC1. The average Bonchev–Trinajstić information content (AvgIpc) is 2.58. The largest absolute Gasteiger partial charge is 0.369 e. The highest BCUT2D eigenvalue weighted by atomic mass is 15.2. The Morgan fingerprint density at radius 1 is 1.42 bits per heavy atom. The Morgan fingerprint density at radius 3 is 2.74 bits per heavy atom. The zero-order valence-electron chi connectivity index (χ0n) is 11.8. The topological polar surface area (TPSA) is 60.0 Å². The van der Waals surface area contributed by atoms with Gasteiger partial charge in [0, 0.05) is 18.3 Å². The number of imidazole rings is 1. The van der Waals surface area contributed by atoms with E-state index in [0.29, 0.717) is 5.95 Å². The van der Waals surface area contributed by atoms with Crippen LogP contribution in [0, 0.1) is 6.92 Å². The maximum absolute atomic E-state index is 6.08. The second-order valence-electron chi connectivity index (χ2n) is 5.88. The molecule has 1 aliphatic rings. The lowest BCUT2D eigenvalue weighted by Gasteiger charge is -2.47. The fraction of sp³-hybridized carbons (Fsp3) is 0.571. The molecule has 0 aliphatic heterocycles. The Bertz CT molecular complexity index is 610. The minimum absolute atomic E-state index is 0.217. The highest BCUT2D eigenvalue weighted by Crippen LogP contribution is 2.38. The molecule has 0 amide bonds. The van der Waals surface area contributed by atoms with E-state index in [4.69, 9.17) is 5.73 Å². The molecule has 3 rings (SSSR count). The van der Waals surface area contributed by atoms with Crippen molar-refractivity contribution >= 4 is 17.1 Å². The maximum Gasteiger partial charge on any atom is 0.202 e. The first-order valence-electron chi connectivity index (χ1n) is 6.78. The molecule has 0 unspecified atom stereocenters. The Labute approximate surface area is 113 Å². The van der Waals surface area contributed by atoms with Crippen molar-refractivity contribution in [2.75, 3.05) is 19.8 Å². The van der Waals surface area contributed by atoms with E-state index in [9.17, 15) is 0 Å². The molecule has 2 N–H and O–H groups in total. The molecule has 0 saturated heterocycles. The predicted octanol–water partition coefficient (Wildman–Crippen LogP) is 1.81. The molecule has 19 heavy (non-hydrogen) atoms. The van der Waals surface area contributed by atoms with Crippen LogP contribution in [0.5, 0.6) is 0 Å². The Morgan fingerprint density at radius 2 is 2.16 bits per heavy atom. The van der Waals surface area contributed by atoms with E-state index in [1.165, 1.54) is 19.3 Å². The Balaban J connectivity index is 2.03. The third kappa shape index (κ3) is 1.89. The van der Waals surface area contributed by atoms with Gasteiger partial charge in [0.05, 0.1) is 0 Å². The summed E-state index contributed by atoms with van der Waals surface area (Å²) in [5, 5.41) is 0. The number of nitrogens with two attached hydrogens (primary N) is 1. The van der Waals surface area contributed by atoms with E-state index in [-0.39, 0.29) is 5.54 Å². The van der Waals surface area contributed by atoms with E-state index in [1.54, 1.807) is 0 Å². The van der Waals surface area contributed by atoms with Crippen molar-refractivity contribution in [1.29, 1.82) is 0 Å². The van der Waals surface area contributed by atoms with Crippen LogP contribution in [0.1, 0.15) is 24.8 Å². The molecule has 1 fully saturated rings. The molecule has 1 saturated carbocycles. The van der Waals surface area contributed by atoms with Gasteiger partial charge in [-0.2, -0.15) is 0 Å². The number of pyridine rings is 1. The highest BCUT2D eigenvalue weighted by Gasteiger charge is 2.40. The zero-order chi connectivity index (χ0) is 13.6. The van der Waals surface area contributed by atoms with Gasteiger partial charge >= 0.3 is 0 Å². The monoisotopic (exact) mass is 259 g/mol. The van der Waals surface area contributed by atoms with E-state index < -0.39 is 0 Å². The van der Waals surface area contributed by atoms with Crippen molar-refractivity contribution in [2.24, 2.45) is 0 Å². The van der Waals surface area contributed by atoms with Gasteiger partial charge in [-0.1, -0.05) is 0 Å². The van der Waals surface area contributed by atoms with Crippen molar-refractivity contribution in [3.8, 4) is 0 Å². The summed E-state index contributed by atoms with van der Waals surface area (Å²) < 4.78 is 2.06. The van der Waals surface area contributed by atoms with E-state index in [1.807, 2.05) is 19.2 Å².